The molecule has 0 aliphatic heterocycles. The standard InChI is InChI=1S/C21H31F3O5/c1-8-17(29-20(27)21(22,23)24)11-9-10-13(4)28-19(26)18(25)16(7)15(6)14(5)12(2)3/h13,17H,8-11H2,1-7H3/b16-15+. The van der Waals surface area contributed by atoms with Crippen LogP contribution in [0, 0.1) is 0 Å². The van der Waals surface area contributed by atoms with Crippen molar-refractivity contribution in [1.82, 2.24) is 0 Å². The van der Waals surface area contributed by atoms with Crippen LogP contribution in [0.25, 0.3) is 0 Å². The molecule has 2 atom stereocenters. The van der Waals surface area contributed by atoms with Crippen molar-refractivity contribution in [3.8, 4) is 0 Å². The van der Waals surface area contributed by atoms with Crippen molar-refractivity contribution >= 4 is 17.7 Å². The number of carbonyl (C=O) groups is 3. The zero-order valence-electron chi connectivity index (χ0n) is 18.2. The molecule has 0 aliphatic rings. The monoisotopic (exact) mass is 420 g/mol. The van der Waals surface area contributed by atoms with Gasteiger partial charge in [-0.05, 0) is 78.4 Å². The second-order valence-electron chi connectivity index (χ2n) is 7.28. The van der Waals surface area contributed by atoms with Crippen LogP contribution in [0.3, 0.4) is 0 Å². The van der Waals surface area contributed by atoms with E-state index in [0.29, 0.717) is 18.4 Å². The summed E-state index contributed by atoms with van der Waals surface area (Å²) in [6.45, 7) is 12.2. The van der Waals surface area contributed by atoms with Crippen LogP contribution in [0.4, 0.5) is 13.2 Å². The third-order valence-electron chi connectivity index (χ3n) is 4.81. The molecule has 0 spiro atoms. The highest BCUT2D eigenvalue weighted by Gasteiger charge is 2.42. The highest BCUT2D eigenvalue weighted by atomic mass is 19.4. The third-order valence-corrected chi connectivity index (χ3v) is 4.81. The van der Waals surface area contributed by atoms with Crippen molar-refractivity contribution in [2.75, 3.05) is 0 Å². The summed E-state index contributed by atoms with van der Waals surface area (Å²) in [4.78, 5) is 35.3. The van der Waals surface area contributed by atoms with E-state index in [1.54, 1.807) is 27.7 Å². The van der Waals surface area contributed by atoms with Crippen LogP contribution >= 0.6 is 0 Å². The minimum absolute atomic E-state index is 0.200. The average Bonchev–Trinajstić information content (AvgIpc) is 2.63. The molecular weight excluding hydrogens is 389 g/mol. The van der Waals surface area contributed by atoms with Crippen LogP contribution in [0.5, 0.6) is 0 Å². The van der Waals surface area contributed by atoms with Gasteiger partial charge in [0.1, 0.15) is 6.10 Å². The summed E-state index contributed by atoms with van der Waals surface area (Å²) in [6.07, 6.45) is -5.35. The predicted octanol–water partition coefficient (Wildman–Crippen LogP) is 5.23. The lowest BCUT2D eigenvalue weighted by molar-refractivity contribution is -0.205. The van der Waals surface area contributed by atoms with Crippen molar-refractivity contribution in [1.29, 1.82) is 0 Å². The Morgan fingerprint density at radius 2 is 1.41 bits per heavy atom. The SMILES string of the molecule is CCC(CCCC(C)OC(=O)C(=O)/C(C)=C(\C)C(C)=C(C)C)OC(=O)C(F)(F)F. The van der Waals surface area contributed by atoms with Crippen molar-refractivity contribution < 1.29 is 37.0 Å². The highest BCUT2D eigenvalue weighted by Crippen LogP contribution is 2.21. The summed E-state index contributed by atoms with van der Waals surface area (Å²) in [5, 5.41) is 0. The molecule has 8 heteroatoms. The van der Waals surface area contributed by atoms with Gasteiger partial charge in [-0.3, -0.25) is 4.79 Å². The molecule has 0 aromatic carbocycles. The molecule has 0 heterocycles. The lowest BCUT2D eigenvalue weighted by Crippen LogP contribution is -2.30. The summed E-state index contributed by atoms with van der Waals surface area (Å²) in [6, 6.07) is 0. The smallest absolute Gasteiger partial charge is 0.457 e. The fourth-order valence-corrected chi connectivity index (χ4v) is 2.47. The van der Waals surface area contributed by atoms with E-state index in [9.17, 15) is 27.6 Å². The Kier molecular flexibility index (Phi) is 10.9. The summed E-state index contributed by atoms with van der Waals surface area (Å²) >= 11 is 0. The zero-order valence-corrected chi connectivity index (χ0v) is 18.2. The second-order valence-corrected chi connectivity index (χ2v) is 7.28. The number of halogens is 3. The second kappa shape index (κ2) is 11.8. The Hall–Kier alpha value is -2.12. The van der Waals surface area contributed by atoms with E-state index in [0.717, 1.165) is 16.7 Å². The molecule has 0 fully saturated rings. The summed E-state index contributed by atoms with van der Waals surface area (Å²) in [5.41, 5.74) is 2.99. The molecule has 0 rings (SSSR count). The van der Waals surface area contributed by atoms with Crippen molar-refractivity contribution in [2.45, 2.75) is 92.5 Å². The molecule has 0 amide bonds. The van der Waals surface area contributed by atoms with Crippen LogP contribution in [0.15, 0.2) is 22.3 Å². The fourth-order valence-electron chi connectivity index (χ4n) is 2.47. The van der Waals surface area contributed by atoms with E-state index in [1.165, 1.54) is 0 Å². The van der Waals surface area contributed by atoms with Crippen LogP contribution in [0.2, 0.25) is 0 Å². The van der Waals surface area contributed by atoms with Crippen LogP contribution in [-0.4, -0.2) is 36.1 Å². The number of alkyl halides is 3. The Labute approximate surface area is 170 Å². The fraction of sp³-hybridized carbons (Fsp3) is 0.667. The normalized spacial score (nSPS) is 14.4. The summed E-state index contributed by atoms with van der Waals surface area (Å²) < 4.78 is 46.4. The average molecular weight is 420 g/mol. The molecule has 0 aromatic heterocycles. The molecule has 0 saturated heterocycles. The Morgan fingerprint density at radius 3 is 1.86 bits per heavy atom. The van der Waals surface area contributed by atoms with Crippen LogP contribution < -0.4 is 0 Å². The predicted molar refractivity (Wildman–Crippen MR) is 103 cm³/mol. The largest absolute Gasteiger partial charge is 0.490 e. The van der Waals surface area contributed by atoms with E-state index in [-0.39, 0.29) is 12.8 Å². The number of Topliss-reactive ketones (excluding diaryl/α,β-unsaturated/α-hetero) is 1. The quantitative estimate of drug-likeness (QED) is 0.209. The molecular formula is C21H31F3O5. The van der Waals surface area contributed by atoms with Gasteiger partial charge in [-0.2, -0.15) is 13.2 Å². The van der Waals surface area contributed by atoms with Gasteiger partial charge in [0.2, 0.25) is 0 Å². The molecule has 2 unspecified atom stereocenters. The highest BCUT2D eigenvalue weighted by molar-refractivity contribution is 6.40. The van der Waals surface area contributed by atoms with Crippen LogP contribution in [-0.2, 0) is 23.9 Å². The summed E-state index contributed by atoms with van der Waals surface area (Å²) in [7, 11) is 0. The van der Waals surface area contributed by atoms with Gasteiger partial charge in [0.25, 0.3) is 5.78 Å². The Morgan fingerprint density at radius 1 is 0.862 bits per heavy atom. The molecule has 0 aliphatic carbocycles. The number of hydrogen-bond donors (Lipinski definition) is 0. The first-order valence-electron chi connectivity index (χ1n) is 9.57. The minimum atomic E-state index is -5.02. The first-order valence-corrected chi connectivity index (χ1v) is 9.57. The number of ether oxygens (including phenoxy) is 2. The molecule has 0 saturated carbocycles. The zero-order chi connectivity index (χ0) is 22.9. The van der Waals surface area contributed by atoms with Crippen molar-refractivity contribution in [3.63, 3.8) is 0 Å². The first kappa shape index (κ1) is 26.9. The van der Waals surface area contributed by atoms with Gasteiger partial charge in [0.05, 0.1) is 6.10 Å². The van der Waals surface area contributed by atoms with E-state index in [4.69, 9.17) is 4.74 Å². The van der Waals surface area contributed by atoms with Gasteiger partial charge in [-0.25, -0.2) is 9.59 Å². The number of hydrogen-bond acceptors (Lipinski definition) is 5. The number of allylic oxidation sites excluding steroid dienone is 3. The van der Waals surface area contributed by atoms with Crippen molar-refractivity contribution in [3.05, 3.63) is 22.3 Å². The van der Waals surface area contributed by atoms with E-state index in [2.05, 4.69) is 4.74 Å². The van der Waals surface area contributed by atoms with Crippen molar-refractivity contribution in [2.24, 2.45) is 0 Å². The molecule has 0 N–H and O–H groups in total. The maximum Gasteiger partial charge on any atom is 0.490 e. The van der Waals surface area contributed by atoms with E-state index < -0.39 is 36.1 Å². The van der Waals surface area contributed by atoms with Gasteiger partial charge in [-0.1, -0.05) is 12.5 Å². The molecule has 29 heavy (non-hydrogen) atoms. The number of rotatable bonds is 10. The maximum absolute atomic E-state index is 12.3. The van der Waals surface area contributed by atoms with Gasteiger partial charge in [-0.15, -0.1) is 0 Å². The Bertz CT molecular complexity index is 670. The van der Waals surface area contributed by atoms with Gasteiger partial charge < -0.3 is 9.47 Å². The lowest BCUT2D eigenvalue weighted by atomic mass is 9.98. The molecule has 0 aromatic rings. The maximum atomic E-state index is 12.3. The minimum Gasteiger partial charge on any atom is -0.457 e. The van der Waals surface area contributed by atoms with E-state index >= 15 is 0 Å². The molecule has 166 valence electrons. The third kappa shape index (κ3) is 9.28. The van der Waals surface area contributed by atoms with E-state index in [1.807, 2.05) is 20.8 Å². The topological polar surface area (TPSA) is 69.7 Å². The molecule has 0 bridgehead atoms. The van der Waals surface area contributed by atoms with Gasteiger partial charge >= 0.3 is 18.1 Å². The molecule has 0 radical (unpaired) electrons. The molecule has 5 nitrogen and oxygen atoms in total. The van der Waals surface area contributed by atoms with Crippen LogP contribution in [0.1, 0.15) is 74.1 Å². The van der Waals surface area contributed by atoms with Gasteiger partial charge in [0, 0.05) is 5.57 Å². The first-order chi connectivity index (χ1) is 13.2. The number of ketones is 1. The summed E-state index contributed by atoms with van der Waals surface area (Å²) in [5.74, 6) is -3.90. The van der Waals surface area contributed by atoms with Gasteiger partial charge in [0.15, 0.2) is 0 Å². The Balaban J connectivity index is 4.68. The lowest BCUT2D eigenvalue weighted by Gasteiger charge is -2.18. The number of esters is 2. The number of carbonyl (C=O) groups excluding carboxylic acids is 3.